The highest BCUT2D eigenvalue weighted by atomic mass is 79.9. The summed E-state index contributed by atoms with van der Waals surface area (Å²) in [6, 6.07) is 0. The largest absolute Gasteiger partial charge is 0.0850 e. The van der Waals surface area contributed by atoms with E-state index in [1.807, 2.05) is 0 Å². The molecule has 0 saturated heterocycles. The molecule has 1 fully saturated rings. The number of hydrogen-bond donors (Lipinski definition) is 0. The van der Waals surface area contributed by atoms with Gasteiger partial charge in [-0.05, 0) is 25.7 Å². The van der Waals surface area contributed by atoms with Gasteiger partial charge in [0.1, 0.15) is 0 Å². The van der Waals surface area contributed by atoms with E-state index in [4.69, 9.17) is 0 Å². The van der Waals surface area contributed by atoms with Crippen molar-refractivity contribution in [2.45, 2.75) is 30.5 Å². The Balaban J connectivity index is 2.29. The second kappa shape index (κ2) is 1.77. The second-order valence-corrected chi connectivity index (χ2v) is 3.71. The summed E-state index contributed by atoms with van der Waals surface area (Å²) in [5.74, 6) is 0. The maximum Gasteiger partial charge on any atom is 0.0286 e. The first-order valence-corrected chi connectivity index (χ1v) is 3.59. The van der Waals surface area contributed by atoms with Gasteiger partial charge in [-0.25, -0.2) is 0 Å². The molecule has 0 amide bonds. The summed E-state index contributed by atoms with van der Waals surface area (Å²) < 4.78 is 0.451. The quantitative estimate of drug-likeness (QED) is 0.519. The normalized spacial score (nSPS) is 26.6. The van der Waals surface area contributed by atoms with Crippen LogP contribution in [0, 0.1) is 6.42 Å². The molecule has 0 nitrogen and oxygen atoms in total. The van der Waals surface area contributed by atoms with E-state index in [0.29, 0.717) is 4.32 Å². The molecule has 0 N–H and O–H groups in total. The van der Waals surface area contributed by atoms with Gasteiger partial charge in [-0.1, -0.05) is 22.9 Å². The van der Waals surface area contributed by atoms with Crippen LogP contribution in [-0.2, 0) is 0 Å². The molecule has 0 aromatic carbocycles. The van der Waals surface area contributed by atoms with Gasteiger partial charge in [-0.2, -0.15) is 0 Å². The number of halogens is 1. The first-order valence-electron chi connectivity index (χ1n) is 2.80. The van der Waals surface area contributed by atoms with Gasteiger partial charge in [0, 0.05) is 4.32 Å². The van der Waals surface area contributed by atoms with Crippen LogP contribution in [0.2, 0.25) is 0 Å². The molecule has 0 aliphatic heterocycles. The molecule has 1 rings (SSSR count). The molecule has 0 aromatic heterocycles. The van der Waals surface area contributed by atoms with Crippen LogP contribution in [0.3, 0.4) is 0 Å². The van der Waals surface area contributed by atoms with Gasteiger partial charge < -0.3 is 0 Å². The summed E-state index contributed by atoms with van der Waals surface area (Å²) in [7, 11) is 0. The fourth-order valence-electron chi connectivity index (χ4n) is 0.779. The maximum absolute atomic E-state index is 3.61. The molecule has 7 heavy (non-hydrogen) atoms. The zero-order valence-electron chi connectivity index (χ0n) is 4.58. The van der Waals surface area contributed by atoms with Gasteiger partial charge in [0.25, 0.3) is 0 Å². The molecule has 1 atom stereocenters. The van der Waals surface area contributed by atoms with Crippen LogP contribution >= 0.6 is 15.9 Å². The Bertz CT molecular complexity index is 59.1. The molecule has 0 spiro atoms. The highest BCUT2D eigenvalue weighted by Gasteiger charge is 2.31. The molecule has 1 aliphatic carbocycles. The summed E-state index contributed by atoms with van der Waals surface area (Å²) >= 11 is 3.61. The molecule has 41 valence electrons. The van der Waals surface area contributed by atoms with Crippen LogP contribution in [0.15, 0.2) is 0 Å². The zero-order chi connectivity index (χ0) is 5.33. The van der Waals surface area contributed by atoms with Crippen LogP contribution in [0.25, 0.3) is 0 Å². The minimum absolute atomic E-state index is 0.451. The van der Waals surface area contributed by atoms with Gasteiger partial charge in [-0.3, -0.25) is 0 Å². The Kier molecular flexibility index (Phi) is 1.42. The lowest BCUT2D eigenvalue weighted by Crippen LogP contribution is -2.29. The van der Waals surface area contributed by atoms with Crippen molar-refractivity contribution in [3.63, 3.8) is 0 Å². The first kappa shape index (κ1) is 5.61. The summed E-state index contributed by atoms with van der Waals surface area (Å²) in [4.78, 5) is 0. The topological polar surface area (TPSA) is 0 Å². The van der Waals surface area contributed by atoms with Gasteiger partial charge in [-0.15, -0.1) is 0 Å². The van der Waals surface area contributed by atoms with Crippen molar-refractivity contribution in [2.75, 3.05) is 0 Å². The summed E-state index contributed by atoms with van der Waals surface area (Å²) in [6.45, 7) is 2.21. The van der Waals surface area contributed by atoms with Crippen molar-refractivity contribution in [3.8, 4) is 0 Å². The third kappa shape index (κ3) is 0.987. The lowest BCUT2D eigenvalue weighted by atomic mass is 9.83. The van der Waals surface area contributed by atoms with Crippen LogP contribution in [0.1, 0.15) is 26.2 Å². The average molecular weight is 162 g/mol. The molecule has 1 unspecified atom stereocenters. The van der Waals surface area contributed by atoms with E-state index >= 15 is 0 Å². The predicted molar refractivity (Wildman–Crippen MR) is 35.5 cm³/mol. The maximum atomic E-state index is 3.61. The van der Waals surface area contributed by atoms with E-state index in [-0.39, 0.29) is 0 Å². The summed E-state index contributed by atoms with van der Waals surface area (Å²) in [6.07, 6.45) is 6.22. The molecule has 1 aliphatic rings. The summed E-state index contributed by atoms with van der Waals surface area (Å²) in [5.41, 5.74) is 0. The van der Waals surface area contributed by atoms with Gasteiger partial charge in [0.05, 0.1) is 0 Å². The van der Waals surface area contributed by atoms with E-state index in [1.165, 1.54) is 19.3 Å². The van der Waals surface area contributed by atoms with Crippen molar-refractivity contribution in [1.82, 2.24) is 0 Å². The average Bonchev–Trinajstić information content (AvgIpc) is 1.61. The van der Waals surface area contributed by atoms with Crippen molar-refractivity contribution < 1.29 is 0 Å². The molecule has 1 heteroatoms. The SMILES string of the molecule is CCC1(Br)[CH]CC1. The Morgan fingerprint density at radius 3 is 2.43 bits per heavy atom. The molecular weight excluding hydrogens is 152 g/mol. The number of rotatable bonds is 1. The molecule has 0 heterocycles. The second-order valence-electron chi connectivity index (χ2n) is 2.13. The standard InChI is InChI=1S/C6H10Br/c1-2-6(7)4-3-5-6/h4H,2-3,5H2,1H3. The highest BCUT2D eigenvalue weighted by molar-refractivity contribution is 9.10. The minimum Gasteiger partial charge on any atom is -0.0850 e. The first-order chi connectivity index (χ1) is 3.27. The smallest absolute Gasteiger partial charge is 0.0286 e. The third-order valence-electron chi connectivity index (χ3n) is 1.66. The monoisotopic (exact) mass is 161 g/mol. The van der Waals surface area contributed by atoms with Crippen LogP contribution < -0.4 is 0 Å². The van der Waals surface area contributed by atoms with Crippen molar-refractivity contribution in [1.29, 1.82) is 0 Å². The molecule has 0 bridgehead atoms. The number of alkyl halides is 1. The van der Waals surface area contributed by atoms with Crippen LogP contribution in [0.5, 0.6) is 0 Å². The van der Waals surface area contributed by atoms with Crippen molar-refractivity contribution in [2.24, 2.45) is 0 Å². The van der Waals surface area contributed by atoms with E-state index in [1.54, 1.807) is 0 Å². The fourth-order valence-corrected chi connectivity index (χ4v) is 1.24. The van der Waals surface area contributed by atoms with Crippen LogP contribution in [0.4, 0.5) is 0 Å². The van der Waals surface area contributed by atoms with Crippen LogP contribution in [-0.4, -0.2) is 4.32 Å². The molecule has 0 aromatic rings. The van der Waals surface area contributed by atoms with E-state index in [9.17, 15) is 0 Å². The van der Waals surface area contributed by atoms with E-state index < -0.39 is 0 Å². The van der Waals surface area contributed by atoms with E-state index in [0.717, 1.165) is 0 Å². The van der Waals surface area contributed by atoms with Gasteiger partial charge in [0.15, 0.2) is 0 Å². The molecule has 1 radical (unpaired) electrons. The van der Waals surface area contributed by atoms with Crippen molar-refractivity contribution >= 4 is 15.9 Å². The third-order valence-corrected chi connectivity index (χ3v) is 2.94. The lowest BCUT2D eigenvalue weighted by Gasteiger charge is -2.34. The Morgan fingerprint density at radius 1 is 1.86 bits per heavy atom. The predicted octanol–water partition coefficient (Wildman–Crippen LogP) is 2.53. The Hall–Kier alpha value is 0.480. The minimum atomic E-state index is 0.451. The molecular formula is C6H10Br. The van der Waals surface area contributed by atoms with Gasteiger partial charge in [0.2, 0.25) is 0 Å². The zero-order valence-corrected chi connectivity index (χ0v) is 6.16. The Labute approximate surface area is 53.4 Å². The fraction of sp³-hybridized carbons (Fsp3) is 0.833. The van der Waals surface area contributed by atoms with E-state index in [2.05, 4.69) is 29.3 Å². The Morgan fingerprint density at radius 2 is 2.43 bits per heavy atom. The molecule has 1 saturated carbocycles. The number of hydrogen-bond acceptors (Lipinski definition) is 0. The van der Waals surface area contributed by atoms with Gasteiger partial charge >= 0.3 is 0 Å². The lowest BCUT2D eigenvalue weighted by molar-refractivity contribution is 0.479. The highest BCUT2D eigenvalue weighted by Crippen LogP contribution is 2.41. The summed E-state index contributed by atoms with van der Waals surface area (Å²) in [5, 5.41) is 0. The van der Waals surface area contributed by atoms with Crippen molar-refractivity contribution in [3.05, 3.63) is 6.42 Å².